The fourth-order valence-electron chi connectivity index (χ4n) is 2.69. The zero-order chi connectivity index (χ0) is 19.1. The van der Waals surface area contributed by atoms with Crippen molar-refractivity contribution in [2.45, 2.75) is 0 Å². The molecule has 4 rings (SSSR count). The first kappa shape index (κ1) is 17.4. The maximum absolute atomic E-state index is 12.6. The molecule has 9 heteroatoms. The summed E-state index contributed by atoms with van der Waals surface area (Å²) in [6.07, 6.45) is 0. The molecule has 136 valence electrons. The second-order valence-corrected chi connectivity index (χ2v) is 6.65. The number of nitrogens with two attached hydrogens (primary N) is 2. The molecule has 0 aliphatic rings. The summed E-state index contributed by atoms with van der Waals surface area (Å²) in [5, 5.41) is 9.15. The number of hydrazine groups is 1. The van der Waals surface area contributed by atoms with Crippen LogP contribution in [0.2, 0.25) is 10.0 Å². The van der Waals surface area contributed by atoms with Gasteiger partial charge in [-0.15, -0.1) is 0 Å². The van der Waals surface area contributed by atoms with Gasteiger partial charge in [0.15, 0.2) is 11.6 Å². The molecule has 1 amide bonds. The van der Waals surface area contributed by atoms with Gasteiger partial charge in [-0.1, -0.05) is 23.2 Å². The SMILES string of the molecule is Nc1n[nH]c2ccc(-c3ccc(C(=O)N(N)c4cc(Cl)ccc4Cl)o3)cc12. The second-order valence-electron chi connectivity index (χ2n) is 5.80. The molecule has 27 heavy (non-hydrogen) atoms. The Morgan fingerprint density at radius 3 is 2.74 bits per heavy atom. The fraction of sp³-hybridized carbons (Fsp3) is 0. The van der Waals surface area contributed by atoms with Crippen LogP contribution in [0.4, 0.5) is 11.5 Å². The number of hydrogen-bond donors (Lipinski definition) is 3. The van der Waals surface area contributed by atoms with Gasteiger partial charge < -0.3 is 10.2 Å². The van der Waals surface area contributed by atoms with Gasteiger partial charge in [-0.05, 0) is 48.5 Å². The molecule has 2 heterocycles. The lowest BCUT2D eigenvalue weighted by atomic mass is 10.1. The minimum Gasteiger partial charge on any atom is -0.451 e. The molecule has 7 nitrogen and oxygen atoms in total. The normalized spacial score (nSPS) is 11.1. The van der Waals surface area contributed by atoms with Crippen molar-refractivity contribution in [3.8, 4) is 11.3 Å². The summed E-state index contributed by atoms with van der Waals surface area (Å²) >= 11 is 12.1. The van der Waals surface area contributed by atoms with Crippen LogP contribution >= 0.6 is 23.2 Å². The van der Waals surface area contributed by atoms with Crippen LogP contribution < -0.4 is 16.6 Å². The highest BCUT2D eigenvalue weighted by Crippen LogP contribution is 2.30. The van der Waals surface area contributed by atoms with Crippen molar-refractivity contribution in [2.24, 2.45) is 5.84 Å². The number of nitrogens with zero attached hydrogens (tertiary/aromatic N) is 2. The first-order valence-corrected chi connectivity index (χ1v) is 8.57. The zero-order valence-electron chi connectivity index (χ0n) is 13.7. The number of benzene rings is 2. The number of carbonyl (C=O) groups excluding carboxylic acids is 1. The Morgan fingerprint density at radius 1 is 1.11 bits per heavy atom. The van der Waals surface area contributed by atoms with Gasteiger partial charge in [0.05, 0.1) is 16.2 Å². The van der Waals surface area contributed by atoms with E-state index in [-0.39, 0.29) is 11.4 Å². The minimum absolute atomic E-state index is 0.0591. The van der Waals surface area contributed by atoms with Crippen molar-refractivity contribution in [3.63, 3.8) is 0 Å². The van der Waals surface area contributed by atoms with E-state index in [4.69, 9.17) is 39.2 Å². The summed E-state index contributed by atoms with van der Waals surface area (Å²) < 4.78 is 5.69. The molecule has 2 aromatic carbocycles. The number of aromatic nitrogens is 2. The van der Waals surface area contributed by atoms with Crippen molar-refractivity contribution in [3.05, 3.63) is 64.3 Å². The molecule has 0 atom stereocenters. The average Bonchev–Trinajstić information content (AvgIpc) is 3.30. The molecule has 0 aliphatic heterocycles. The summed E-state index contributed by atoms with van der Waals surface area (Å²) in [7, 11) is 0. The molecule has 0 saturated heterocycles. The number of rotatable bonds is 3. The Hall–Kier alpha value is -3.00. The second kappa shape index (κ2) is 6.62. The van der Waals surface area contributed by atoms with Crippen molar-refractivity contribution in [1.82, 2.24) is 10.2 Å². The first-order chi connectivity index (χ1) is 12.9. The van der Waals surface area contributed by atoms with Gasteiger partial charge in [0, 0.05) is 16.0 Å². The highest BCUT2D eigenvalue weighted by Gasteiger charge is 2.21. The van der Waals surface area contributed by atoms with Crippen molar-refractivity contribution in [2.75, 3.05) is 10.7 Å². The van der Waals surface area contributed by atoms with Crippen molar-refractivity contribution >= 4 is 51.5 Å². The topological polar surface area (TPSA) is 114 Å². The predicted octanol–water partition coefficient (Wildman–Crippen LogP) is 4.23. The molecule has 0 spiro atoms. The molecular weight excluding hydrogens is 389 g/mol. The third-order valence-electron chi connectivity index (χ3n) is 4.08. The molecule has 0 radical (unpaired) electrons. The fourth-order valence-corrected chi connectivity index (χ4v) is 3.07. The van der Waals surface area contributed by atoms with Crippen LogP contribution in [0, 0.1) is 0 Å². The Bertz CT molecular complexity index is 1170. The third-order valence-corrected chi connectivity index (χ3v) is 4.63. The van der Waals surface area contributed by atoms with Gasteiger partial charge in [0.2, 0.25) is 0 Å². The van der Waals surface area contributed by atoms with Gasteiger partial charge in [-0.25, -0.2) is 10.9 Å². The highest BCUT2D eigenvalue weighted by atomic mass is 35.5. The number of nitrogens with one attached hydrogen (secondary N) is 1. The van der Waals surface area contributed by atoms with E-state index >= 15 is 0 Å². The Morgan fingerprint density at radius 2 is 1.93 bits per heavy atom. The van der Waals surface area contributed by atoms with Gasteiger partial charge >= 0.3 is 5.91 Å². The summed E-state index contributed by atoms with van der Waals surface area (Å²) in [6.45, 7) is 0. The van der Waals surface area contributed by atoms with E-state index in [0.717, 1.165) is 21.5 Å². The maximum Gasteiger partial charge on any atom is 0.308 e. The maximum atomic E-state index is 12.6. The Balaban J connectivity index is 1.65. The Labute approximate surface area is 163 Å². The summed E-state index contributed by atoms with van der Waals surface area (Å²) in [6, 6.07) is 13.4. The number of aromatic amines is 1. The standard InChI is InChI=1S/C18H13Cl2N5O2/c19-10-2-3-12(20)14(8-10)25(22)18(26)16-6-5-15(27-16)9-1-4-13-11(7-9)17(21)24-23-13/h1-8H,22H2,(H3,21,23,24). The molecule has 0 aliphatic carbocycles. The zero-order valence-corrected chi connectivity index (χ0v) is 15.3. The highest BCUT2D eigenvalue weighted by molar-refractivity contribution is 6.36. The number of fused-ring (bicyclic) bond motifs is 1. The van der Waals surface area contributed by atoms with Crippen LogP contribution in [-0.4, -0.2) is 16.1 Å². The molecule has 0 bridgehead atoms. The number of H-pyrrole nitrogens is 1. The van der Waals surface area contributed by atoms with Crippen molar-refractivity contribution in [1.29, 1.82) is 0 Å². The van der Waals surface area contributed by atoms with Crippen LogP contribution in [0.5, 0.6) is 0 Å². The number of nitrogen functional groups attached to an aromatic ring is 1. The molecule has 2 aromatic heterocycles. The molecular formula is C18H13Cl2N5O2. The third kappa shape index (κ3) is 3.12. The number of amides is 1. The van der Waals surface area contributed by atoms with E-state index in [0.29, 0.717) is 21.6 Å². The Kier molecular flexibility index (Phi) is 4.27. The number of hydrogen-bond acceptors (Lipinski definition) is 5. The lowest BCUT2D eigenvalue weighted by Gasteiger charge is -2.16. The van der Waals surface area contributed by atoms with Crippen LogP contribution in [0.3, 0.4) is 0 Å². The monoisotopic (exact) mass is 401 g/mol. The van der Waals surface area contributed by atoms with Gasteiger partial charge in [0.1, 0.15) is 5.76 Å². The average molecular weight is 402 g/mol. The quantitative estimate of drug-likeness (QED) is 0.270. The smallest absolute Gasteiger partial charge is 0.308 e. The molecule has 5 N–H and O–H groups in total. The molecule has 0 saturated carbocycles. The largest absolute Gasteiger partial charge is 0.451 e. The van der Waals surface area contributed by atoms with E-state index in [1.807, 2.05) is 18.2 Å². The number of carbonyl (C=O) groups is 1. The van der Waals surface area contributed by atoms with Gasteiger partial charge in [-0.2, -0.15) is 5.10 Å². The first-order valence-electron chi connectivity index (χ1n) is 7.82. The van der Waals surface area contributed by atoms with Crippen LogP contribution in [0.15, 0.2) is 52.9 Å². The van der Waals surface area contributed by atoms with Crippen LogP contribution in [0.25, 0.3) is 22.2 Å². The lowest BCUT2D eigenvalue weighted by molar-refractivity contribution is 0.0961. The van der Waals surface area contributed by atoms with Gasteiger partial charge in [-0.3, -0.25) is 9.89 Å². The van der Waals surface area contributed by atoms with E-state index in [1.165, 1.54) is 6.07 Å². The van der Waals surface area contributed by atoms with Crippen molar-refractivity contribution < 1.29 is 9.21 Å². The number of anilines is 2. The molecule has 0 fully saturated rings. The van der Waals surface area contributed by atoms with Crippen LogP contribution in [0.1, 0.15) is 10.6 Å². The number of furan rings is 1. The minimum atomic E-state index is -0.561. The van der Waals surface area contributed by atoms with E-state index in [2.05, 4.69) is 10.2 Å². The molecule has 0 unspecified atom stereocenters. The van der Waals surface area contributed by atoms with E-state index in [1.54, 1.807) is 24.3 Å². The van der Waals surface area contributed by atoms with Crippen LogP contribution in [-0.2, 0) is 0 Å². The lowest BCUT2D eigenvalue weighted by Crippen LogP contribution is -2.37. The summed E-state index contributed by atoms with van der Waals surface area (Å²) in [5.74, 6) is 6.30. The van der Waals surface area contributed by atoms with E-state index < -0.39 is 5.91 Å². The molecule has 4 aromatic rings. The summed E-state index contributed by atoms with van der Waals surface area (Å²) in [5.41, 5.74) is 7.67. The summed E-state index contributed by atoms with van der Waals surface area (Å²) in [4.78, 5) is 12.6. The predicted molar refractivity (Wildman–Crippen MR) is 106 cm³/mol. The number of halogens is 2. The van der Waals surface area contributed by atoms with E-state index in [9.17, 15) is 4.79 Å². The van der Waals surface area contributed by atoms with Gasteiger partial charge in [0.25, 0.3) is 0 Å².